The van der Waals surface area contributed by atoms with Crippen molar-refractivity contribution >= 4 is 44.5 Å². The van der Waals surface area contributed by atoms with Crippen LogP contribution in [-0.2, 0) is 13.0 Å². The molecule has 3 aliphatic rings. The standard InChI is InChI=1S/C40H38N6/c1-44(25-31-26-46-38(42-31)11-6-12-39(46)45-21-19-41-20-22-45)40-36(24-30-8-3-5-10-37(30)43-40)29-14-16-33-28(23-29)15-18-34-32-9-4-2-7-27(32)13-17-35(33)34/h2-14,16-17,24,26,29,41H,15,18-23,25H2,1H3. The first-order valence-corrected chi connectivity index (χ1v) is 16.6. The number of allylic oxidation sites excluding steroid dienone is 4. The van der Waals surface area contributed by atoms with E-state index in [4.69, 9.17) is 9.97 Å². The molecule has 0 amide bonds. The number of aromatic nitrogens is 3. The van der Waals surface area contributed by atoms with Gasteiger partial charge in [-0.05, 0) is 71.0 Å². The average molecular weight is 603 g/mol. The van der Waals surface area contributed by atoms with Crippen molar-refractivity contribution in [3.63, 3.8) is 0 Å². The highest BCUT2D eigenvalue weighted by Gasteiger charge is 2.27. The molecule has 1 N–H and O–H groups in total. The number of para-hydroxylation sites is 1. The monoisotopic (exact) mass is 602 g/mol. The second-order valence-corrected chi connectivity index (χ2v) is 13.0. The SMILES string of the molecule is CN(Cc1cn2c(N3CCNCC3)cccc2n1)c1nc2ccccc2cc1C1C=CC2=C(CCc3c2ccc2ccccc32)C1. The lowest BCUT2D eigenvalue weighted by molar-refractivity contribution is 0.583. The fourth-order valence-corrected chi connectivity index (χ4v) is 7.93. The van der Waals surface area contributed by atoms with E-state index in [2.05, 4.69) is 130 Å². The Morgan fingerprint density at radius 3 is 2.63 bits per heavy atom. The second-order valence-electron chi connectivity index (χ2n) is 13.0. The molecule has 6 aromatic rings. The quantitative estimate of drug-likeness (QED) is 0.221. The Balaban J connectivity index is 1.05. The Bertz CT molecular complexity index is 2180. The summed E-state index contributed by atoms with van der Waals surface area (Å²) < 4.78 is 2.26. The number of rotatable bonds is 5. The summed E-state index contributed by atoms with van der Waals surface area (Å²) in [6.07, 6.45) is 10.3. The van der Waals surface area contributed by atoms with Crippen LogP contribution in [0.5, 0.6) is 0 Å². The number of nitrogens with one attached hydrogen (secondary N) is 1. The highest BCUT2D eigenvalue weighted by Crippen LogP contribution is 2.45. The van der Waals surface area contributed by atoms with Crippen LogP contribution < -0.4 is 15.1 Å². The summed E-state index contributed by atoms with van der Waals surface area (Å²) in [6, 6.07) is 30.8. The molecule has 46 heavy (non-hydrogen) atoms. The van der Waals surface area contributed by atoms with Crippen molar-refractivity contribution in [1.82, 2.24) is 19.7 Å². The molecule has 0 saturated carbocycles. The maximum absolute atomic E-state index is 5.29. The zero-order valence-corrected chi connectivity index (χ0v) is 26.3. The van der Waals surface area contributed by atoms with Gasteiger partial charge in [-0.1, -0.05) is 78.4 Å². The third kappa shape index (κ3) is 4.67. The molecule has 0 radical (unpaired) electrons. The number of piperazine rings is 1. The largest absolute Gasteiger partial charge is 0.355 e. The van der Waals surface area contributed by atoms with Gasteiger partial charge in [-0.25, -0.2) is 9.97 Å². The highest BCUT2D eigenvalue weighted by molar-refractivity contribution is 5.94. The van der Waals surface area contributed by atoms with Crippen molar-refractivity contribution in [2.75, 3.05) is 43.0 Å². The normalized spacial score (nSPS) is 17.9. The third-order valence-corrected chi connectivity index (χ3v) is 10.2. The first kappa shape index (κ1) is 27.4. The molecule has 0 bridgehead atoms. The fourth-order valence-electron chi connectivity index (χ4n) is 7.93. The van der Waals surface area contributed by atoms with Crippen LogP contribution in [0.15, 0.2) is 109 Å². The summed E-state index contributed by atoms with van der Waals surface area (Å²) in [7, 11) is 2.17. The summed E-state index contributed by atoms with van der Waals surface area (Å²) in [5.41, 5.74) is 10.3. The van der Waals surface area contributed by atoms with Crippen LogP contribution in [0.2, 0.25) is 0 Å². The number of pyridine rings is 2. The number of nitrogens with zero attached hydrogens (tertiary/aromatic N) is 5. The van der Waals surface area contributed by atoms with E-state index < -0.39 is 0 Å². The van der Waals surface area contributed by atoms with Gasteiger partial charge in [0, 0.05) is 56.3 Å². The Hall–Kier alpha value is -4.94. The molecule has 6 heteroatoms. The molecular weight excluding hydrogens is 564 g/mol. The maximum atomic E-state index is 5.29. The summed E-state index contributed by atoms with van der Waals surface area (Å²) >= 11 is 0. The van der Waals surface area contributed by atoms with Gasteiger partial charge in [0.2, 0.25) is 0 Å². The van der Waals surface area contributed by atoms with Gasteiger partial charge >= 0.3 is 0 Å². The minimum atomic E-state index is 0.274. The van der Waals surface area contributed by atoms with Crippen LogP contribution in [0, 0.1) is 0 Å². The molecule has 1 atom stereocenters. The summed E-state index contributed by atoms with van der Waals surface area (Å²) in [4.78, 5) is 15.1. The predicted octanol–water partition coefficient (Wildman–Crippen LogP) is 7.53. The summed E-state index contributed by atoms with van der Waals surface area (Å²) in [6.45, 7) is 4.72. The van der Waals surface area contributed by atoms with Crippen LogP contribution in [0.4, 0.5) is 11.6 Å². The lowest BCUT2D eigenvalue weighted by atomic mass is 9.75. The molecule has 3 aromatic carbocycles. The lowest BCUT2D eigenvalue weighted by Gasteiger charge is -2.31. The number of hydrogen-bond donors (Lipinski definition) is 1. The average Bonchev–Trinajstić information content (AvgIpc) is 3.53. The smallest absolute Gasteiger partial charge is 0.138 e. The minimum Gasteiger partial charge on any atom is -0.355 e. The van der Waals surface area contributed by atoms with E-state index in [0.717, 1.165) is 68.1 Å². The Morgan fingerprint density at radius 2 is 1.72 bits per heavy atom. The number of aryl methyl sites for hydroxylation is 1. The van der Waals surface area contributed by atoms with Crippen molar-refractivity contribution in [3.05, 3.63) is 131 Å². The number of imidazole rings is 1. The fraction of sp³-hybridized carbons (Fsp3) is 0.250. The van der Waals surface area contributed by atoms with Crippen molar-refractivity contribution in [3.8, 4) is 0 Å². The van der Waals surface area contributed by atoms with E-state index in [0.29, 0.717) is 6.54 Å². The highest BCUT2D eigenvalue weighted by atomic mass is 15.3. The predicted molar refractivity (Wildman–Crippen MR) is 190 cm³/mol. The van der Waals surface area contributed by atoms with E-state index in [1.54, 1.807) is 5.57 Å². The van der Waals surface area contributed by atoms with Crippen molar-refractivity contribution in [2.24, 2.45) is 0 Å². The number of fused-ring (bicyclic) bond motifs is 6. The van der Waals surface area contributed by atoms with Gasteiger partial charge in [-0.3, -0.25) is 4.40 Å². The van der Waals surface area contributed by atoms with Crippen molar-refractivity contribution < 1.29 is 0 Å². The molecule has 9 rings (SSSR count). The molecule has 6 nitrogen and oxygen atoms in total. The zero-order valence-electron chi connectivity index (χ0n) is 26.3. The molecule has 2 aliphatic carbocycles. The van der Waals surface area contributed by atoms with Crippen LogP contribution in [0.3, 0.4) is 0 Å². The van der Waals surface area contributed by atoms with Gasteiger partial charge < -0.3 is 15.1 Å². The summed E-state index contributed by atoms with van der Waals surface area (Å²) in [5, 5.41) is 7.39. The van der Waals surface area contributed by atoms with Crippen molar-refractivity contribution in [1.29, 1.82) is 0 Å². The minimum absolute atomic E-state index is 0.274. The molecule has 3 aromatic heterocycles. The van der Waals surface area contributed by atoms with E-state index in [9.17, 15) is 0 Å². The van der Waals surface area contributed by atoms with E-state index in [-0.39, 0.29) is 5.92 Å². The lowest BCUT2D eigenvalue weighted by Crippen LogP contribution is -2.44. The third-order valence-electron chi connectivity index (χ3n) is 10.2. The van der Waals surface area contributed by atoms with Crippen molar-refractivity contribution in [2.45, 2.75) is 31.7 Å². The number of hydrogen-bond acceptors (Lipinski definition) is 5. The van der Waals surface area contributed by atoms with Crippen LogP contribution in [0.25, 0.3) is 32.9 Å². The molecule has 1 saturated heterocycles. The van der Waals surface area contributed by atoms with Gasteiger partial charge in [-0.15, -0.1) is 0 Å². The molecular formula is C40H38N6. The molecule has 1 unspecified atom stereocenters. The van der Waals surface area contributed by atoms with E-state index >= 15 is 0 Å². The van der Waals surface area contributed by atoms with E-state index in [1.165, 1.54) is 44.2 Å². The van der Waals surface area contributed by atoms with Gasteiger partial charge in [-0.2, -0.15) is 0 Å². The maximum Gasteiger partial charge on any atom is 0.138 e. The zero-order chi connectivity index (χ0) is 30.6. The molecule has 0 spiro atoms. The van der Waals surface area contributed by atoms with Gasteiger partial charge in [0.25, 0.3) is 0 Å². The summed E-state index contributed by atoms with van der Waals surface area (Å²) in [5.74, 6) is 2.53. The van der Waals surface area contributed by atoms with Crippen LogP contribution >= 0.6 is 0 Å². The number of anilines is 2. The molecule has 1 aliphatic heterocycles. The molecule has 228 valence electrons. The first-order chi connectivity index (χ1) is 22.7. The van der Waals surface area contributed by atoms with Gasteiger partial charge in [0.1, 0.15) is 17.3 Å². The number of benzene rings is 3. The first-order valence-electron chi connectivity index (χ1n) is 16.6. The Morgan fingerprint density at radius 1 is 0.870 bits per heavy atom. The Kier molecular flexibility index (Phi) is 6.63. The molecule has 1 fully saturated rings. The van der Waals surface area contributed by atoms with Gasteiger partial charge in [0.05, 0.1) is 17.8 Å². The Labute approximate surface area is 269 Å². The van der Waals surface area contributed by atoms with E-state index in [1.807, 2.05) is 0 Å². The second kappa shape index (κ2) is 11.1. The van der Waals surface area contributed by atoms with Crippen LogP contribution in [0.1, 0.15) is 41.1 Å². The van der Waals surface area contributed by atoms with Crippen LogP contribution in [-0.4, -0.2) is 47.6 Å². The van der Waals surface area contributed by atoms with Gasteiger partial charge in [0.15, 0.2) is 0 Å². The topological polar surface area (TPSA) is 48.7 Å². The molecule has 4 heterocycles.